The second-order valence-electron chi connectivity index (χ2n) is 7.52. The Bertz CT molecular complexity index is 1320. The summed E-state index contributed by atoms with van der Waals surface area (Å²) in [6.07, 6.45) is 1.74. The number of hydrogen-bond acceptors (Lipinski definition) is 6. The number of amides is 2. The molecule has 4 rings (SSSR count). The highest BCUT2D eigenvalue weighted by Crippen LogP contribution is 2.28. The van der Waals surface area contributed by atoms with E-state index in [0.717, 1.165) is 26.4 Å². The Kier molecular flexibility index (Phi) is 6.66. The van der Waals surface area contributed by atoms with Crippen molar-refractivity contribution in [3.05, 3.63) is 69.8 Å². The van der Waals surface area contributed by atoms with Gasteiger partial charge in [0.05, 0.1) is 37.1 Å². The fourth-order valence-corrected chi connectivity index (χ4v) is 4.51. The number of carbonyl (C=O) groups excluding carboxylic acids is 2. The summed E-state index contributed by atoms with van der Waals surface area (Å²) in [7, 11) is 1.55. The fourth-order valence-electron chi connectivity index (χ4n) is 3.35. The summed E-state index contributed by atoms with van der Waals surface area (Å²) < 4.78 is 3.01. The Morgan fingerprint density at radius 2 is 1.91 bits per heavy atom. The summed E-state index contributed by atoms with van der Waals surface area (Å²) in [6.45, 7) is 0.169. The van der Waals surface area contributed by atoms with Crippen molar-refractivity contribution in [2.45, 2.75) is 13.0 Å². The number of aromatic hydroxyl groups is 2. The van der Waals surface area contributed by atoms with Crippen LogP contribution >= 0.6 is 27.3 Å². The van der Waals surface area contributed by atoms with Gasteiger partial charge in [-0.25, -0.2) is 4.98 Å². The zero-order chi connectivity index (χ0) is 23.5. The fraction of sp³-hybridized carbons (Fsp3) is 0.174. The highest BCUT2D eigenvalue weighted by molar-refractivity contribution is 9.10. The quantitative estimate of drug-likeness (QED) is 0.318. The van der Waals surface area contributed by atoms with Gasteiger partial charge in [0.2, 0.25) is 11.8 Å². The molecule has 0 fully saturated rings. The van der Waals surface area contributed by atoms with E-state index in [9.17, 15) is 19.8 Å². The molecule has 3 N–H and O–H groups in total. The molecule has 2 aromatic carbocycles. The summed E-state index contributed by atoms with van der Waals surface area (Å²) in [6, 6.07) is 12.2. The van der Waals surface area contributed by atoms with E-state index in [1.807, 2.05) is 34.0 Å². The van der Waals surface area contributed by atoms with Crippen LogP contribution in [0.25, 0.3) is 16.2 Å². The van der Waals surface area contributed by atoms with Crippen molar-refractivity contribution >= 4 is 44.0 Å². The molecular weight excluding hydrogens is 508 g/mol. The van der Waals surface area contributed by atoms with Gasteiger partial charge in [0, 0.05) is 16.9 Å². The lowest BCUT2D eigenvalue weighted by molar-refractivity contribution is -0.134. The first-order valence-electron chi connectivity index (χ1n) is 10.0. The lowest BCUT2D eigenvalue weighted by Crippen LogP contribution is -2.38. The zero-order valence-electron chi connectivity index (χ0n) is 17.7. The number of imidazole rings is 1. The van der Waals surface area contributed by atoms with E-state index in [1.165, 1.54) is 28.4 Å². The molecule has 2 heterocycles. The van der Waals surface area contributed by atoms with Crippen LogP contribution in [-0.4, -0.2) is 49.9 Å². The van der Waals surface area contributed by atoms with Crippen molar-refractivity contribution in [1.82, 2.24) is 19.6 Å². The van der Waals surface area contributed by atoms with Crippen LogP contribution in [0, 0.1) is 0 Å². The number of rotatable bonds is 7. The molecule has 0 aliphatic rings. The smallest absolute Gasteiger partial charge is 0.239 e. The average Bonchev–Trinajstić information content (AvgIpc) is 3.38. The molecule has 0 saturated heterocycles. The van der Waals surface area contributed by atoms with Gasteiger partial charge in [-0.05, 0) is 35.4 Å². The normalized spacial score (nSPS) is 11.0. The molecule has 4 aromatic rings. The third-order valence-corrected chi connectivity index (χ3v) is 6.50. The van der Waals surface area contributed by atoms with E-state index in [4.69, 9.17) is 0 Å². The molecule has 2 amide bonds. The average molecular weight is 529 g/mol. The Hall–Kier alpha value is -3.37. The molecule has 2 aromatic heterocycles. The number of phenolic OH excluding ortho intramolecular Hbond substituents is 2. The van der Waals surface area contributed by atoms with E-state index >= 15 is 0 Å². The van der Waals surface area contributed by atoms with Crippen molar-refractivity contribution in [3.8, 4) is 22.8 Å². The van der Waals surface area contributed by atoms with Gasteiger partial charge >= 0.3 is 0 Å². The highest BCUT2D eigenvalue weighted by atomic mass is 79.9. The van der Waals surface area contributed by atoms with Gasteiger partial charge in [-0.1, -0.05) is 34.1 Å². The van der Waals surface area contributed by atoms with Crippen LogP contribution in [0.3, 0.4) is 0 Å². The summed E-state index contributed by atoms with van der Waals surface area (Å²) in [4.78, 5) is 31.5. The van der Waals surface area contributed by atoms with Crippen LogP contribution in [0.1, 0.15) is 11.3 Å². The minimum atomic E-state index is -0.297. The van der Waals surface area contributed by atoms with Crippen LogP contribution in [0.15, 0.2) is 58.5 Å². The summed E-state index contributed by atoms with van der Waals surface area (Å²) in [5.41, 5.74) is 3.42. The minimum absolute atomic E-state index is 0.00627. The lowest BCUT2D eigenvalue weighted by Gasteiger charge is -2.17. The first-order valence-corrected chi connectivity index (χ1v) is 11.7. The number of fused-ring (bicyclic) bond motifs is 1. The maximum Gasteiger partial charge on any atom is 0.239 e. The molecule has 8 nitrogen and oxygen atoms in total. The lowest BCUT2D eigenvalue weighted by atomic mass is 10.1. The molecule has 0 unspecified atom stereocenters. The maximum absolute atomic E-state index is 12.5. The van der Waals surface area contributed by atoms with Gasteiger partial charge in [-0.15, -0.1) is 11.3 Å². The second-order valence-corrected chi connectivity index (χ2v) is 9.27. The zero-order valence-corrected chi connectivity index (χ0v) is 20.1. The van der Waals surface area contributed by atoms with E-state index in [2.05, 4.69) is 26.2 Å². The number of hydrogen-bond donors (Lipinski definition) is 3. The van der Waals surface area contributed by atoms with Crippen molar-refractivity contribution in [3.63, 3.8) is 0 Å². The highest BCUT2D eigenvalue weighted by Gasteiger charge is 2.16. The van der Waals surface area contributed by atoms with Gasteiger partial charge in [-0.2, -0.15) is 0 Å². The number of likely N-dealkylation sites (N-methyl/N-ethyl adjacent to an activating group) is 1. The number of aromatic nitrogens is 2. The Labute approximate surface area is 202 Å². The molecule has 0 saturated carbocycles. The molecule has 0 bridgehead atoms. The second kappa shape index (κ2) is 9.63. The maximum atomic E-state index is 12.5. The van der Waals surface area contributed by atoms with Crippen LogP contribution in [0.4, 0.5) is 0 Å². The van der Waals surface area contributed by atoms with Crippen molar-refractivity contribution < 1.29 is 19.8 Å². The summed E-state index contributed by atoms with van der Waals surface area (Å²) in [5, 5.41) is 23.8. The van der Waals surface area contributed by atoms with Gasteiger partial charge < -0.3 is 20.4 Å². The van der Waals surface area contributed by atoms with Crippen LogP contribution in [0.5, 0.6) is 11.5 Å². The molecule has 0 radical (unpaired) electrons. The molecule has 0 spiro atoms. The van der Waals surface area contributed by atoms with E-state index in [-0.39, 0.29) is 42.8 Å². The summed E-state index contributed by atoms with van der Waals surface area (Å²) in [5.74, 6) is -1.11. The van der Waals surface area contributed by atoms with Gasteiger partial charge in [0.1, 0.15) is 0 Å². The van der Waals surface area contributed by atoms with E-state index in [0.29, 0.717) is 5.56 Å². The number of nitrogens with zero attached hydrogens (tertiary/aromatic N) is 3. The van der Waals surface area contributed by atoms with Crippen LogP contribution in [-0.2, 0) is 22.6 Å². The SMILES string of the molecule is CN(CC(=O)NCc1cnc2scc(-c3ccc(Br)cc3)n12)C(=O)Cc1ccc(O)c(O)c1. The number of halogens is 1. The Morgan fingerprint density at radius 3 is 2.64 bits per heavy atom. The van der Waals surface area contributed by atoms with E-state index in [1.54, 1.807) is 19.3 Å². The molecule has 0 atom stereocenters. The molecule has 33 heavy (non-hydrogen) atoms. The summed E-state index contributed by atoms with van der Waals surface area (Å²) >= 11 is 4.97. The molecule has 0 aliphatic carbocycles. The molecule has 170 valence electrons. The molecular formula is C23H21BrN4O4S. The van der Waals surface area contributed by atoms with Crippen molar-refractivity contribution in [2.75, 3.05) is 13.6 Å². The third-order valence-electron chi connectivity index (χ3n) is 5.13. The molecule has 10 heteroatoms. The van der Waals surface area contributed by atoms with Gasteiger partial charge in [-0.3, -0.25) is 14.0 Å². The Balaban J connectivity index is 1.37. The van der Waals surface area contributed by atoms with Crippen molar-refractivity contribution in [2.24, 2.45) is 0 Å². The minimum Gasteiger partial charge on any atom is -0.504 e. The predicted octanol–water partition coefficient (Wildman–Crippen LogP) is 3.55. The molecule has 0 aliphatic heterocycles. The van der Waals surface area contributed by atoms with Crippen LogP contribution < -0.4 is 5.32 Å². The van der Waals surface area contributed by atoms with Gasteiger partial charge in [0.25, 0.3) is 0 Å². The first kappa shape index (κ1) is 22.8. The van der Waals surface area contributed by atoms with Crippen molar-refractivity contribution in [1.29, 1.82) is 0 Å². The monoisotopic (exact) mass is 528 g/mol. The van der Waals surface area contributed by atoms with Crippen LogP contribution in [0.2, 0.25) is 0 Å². The number of benzene rings is 2. The first-order chi connectivity index (χ1) is 15.8. The number of phenols is 2. The number of nitrogens with one attached hydrogen (secondary N) is 1. The predicted molar refractivity (Wildman–Crippen MR) is 129 cm³/mol. The topological polar surface area (TPSA) is 107 Å². The van der Waals surface area contributed by atoms with Gasteiger partial charge in [0.15, 0.2) is 16.5 Å². The standard InChI is InChI=1S/C23H21BrN4O4S/c1-27(22(32)9-14-2-7-19(29)20(30)8-14)12-21(31)25-10-17-11-26-23-28(17)18(13-33-23)15-3-5-16(24)6-4-15/h2-8,11,13,29-30H,9-10,12H2,1H3,(H,25,31). The Morgan fingerprint density at radius 1 is 1.15 bits per heavy atom. The number of thiazole rings is 1. The van der Waals surface area contributed by atoms with E-state index < -0.39 is 0 Å². The number of carbonyl (C=O) groups is 2. The largest absolute Gasteiger partial charge is 0.504 e. The third kappa shape index (κ3) is 5.18.